The fourth-order valence-electron chi connectivity index (χ4n) is 4.94. The number of carboxylic acid groups (broad SMARTS) is 1. The number of para-hydroxylation sites is 2. The van der Waals surface area contributed by atoms with Crippen LogP contribution in [0.15, 0.2) is 52.9 Å². The Morgan fingerprint density at radius 3 is 2.44 bits per heavy atom. The van der Waals surface area contributed by atoms with E-state index >= 15 is 0 Å². The molecule has 3 aromatic rings. The molecule has 2 fully saturated rings. The number of nitrogens with zero attached hydrogens (tertiary/aromatic N) is 3. The van der Waals surface area contributed by atoms with Gasteiger partial charge >= 0.3 is 5.97 Å². The van der Waals surface area contributed by atoms with Crippen LogP contribution in [-0.2, 0) is 9.59 Å². The van der Waals surface area contributed by atoms with Crippen molar-refractivity contribution in [2.75, 3.05) is 18.0 Å². The lowest BCUT2D eigenvalue weighted by Crippen LogP contribution is -2.47. The lowest BCUT2D eigenvalue weighted by molar-refractivity contribution is -0.152. The number of carbonyl (C=O) groups is 2. The van der Waals surface area contributed by atoms with Gasteiger partial charge in [0.2, 0.25) is 5.91 Å². The first-order chi connectivity index (χ1) is 15.5. The summed E-state index contributed by atoms with van der Waals surface area (Å²) in [7, 11) is 0. The lowest BCUT2D eigenvalue weighted by Gasteiger charge is -2.36. The molecule has 7 nitrogen and oxygen atoms in total. The van der Waals surface area contributed by atoms with Gasteiger partial charge in [0.25, 0.3) is 6.01 Å². The first kappa shape index (κ1) is 20.8. The minimum atomic E-state index is -0.961. The Labute approximate surface area is 190 Å². The second kappa shape index (κ2) is 8.47. The Hall–Kier alpha value is -3.06. The van der Waals surface area contributed by atoms with E-state index in [0.29, 0.717) is 49.8 Å². The predicted molar refractivity (Wildman–Crippen MR) is 121 cm³/mol. The number of fused-ring (bicyclic) bond motifs is 1. The molecule has 32 heavy (non-hydrogen) atoms. The van der Waals surface area contributed by atoms with E-state index < -0.39 is 12.0 Å². The predicted octanol–water partition coefficient (Wildman–Crippen LogP) is 4.51. The zero-order chi connectivity index (χ0) is 22.2. The van der Waals surface area contributed by atoms with E-state index in [2.05, 4.69) is 4.98 Å². The summed E-state index contributed by atoms with van der Waals surface area (Å²) >= 11 is 6.40. The SMILES string of the molecule is O=C(O)[C@@H]1CC[C@H](c2ccccc2Cl)N1C(=O)C1CCN(c2nc3ccccc3o2)CC1. The number of piperidine rings is 1. The summed E-state index contributed by atoms with van der Waals surface area (Å²) in [5.74, 6) is -1.30. The van der Waals surface area contributed by atoms with Crippen molar-refractivity contribution in [2.45, 2.75) is 37.8 Å². The normalized spacial score (nSPS) is 21.9. The third-order valence-corrected chi connectivity index (χ3v) is 6.93. The molecule has 1 N–H and O–H groups in total. The highest BCUT2D eigenvalue weighted by Gasteiger charge is 2.44. The van der Waals surface area contributed by atoms with Crippen LogP contribution in [0.4, 0.5) is 6.01 Å². The number of amides is 1. The number of aliphatic carboxylic acids is 1. The third kappa shape index (κ3) is 3.71. The average molecular weight is 454 g/mol. The van der Waals surface area contributed by atoms with Gasteiger partial charge in [0, 0.05) is 24.0 Å². The summed E-state index contributed by atoms with van der Waals surface area (Å²) in [4.78, 5) is 33.7. The van der Waals surface area contributed by atoms with Crippen molar-refractivity contribution in [2.24, 2.45) is 5.92 Å². The van der Waals surface area contributed by atoms with Gasteiger partial charge in [-0.05, 0) is 49.4 Å². The van der Waals surface area contributed by atoms with Crippen molar-refractivity contribution >= 4 is 40.6 Å². The van der Waals surface area contributed by atoms with Gasteiger partial charge in [0.15, 0.2) is 5.58 Å². The molecule has 0 bridgehead atoms. The van der Waals surface area contributed by atoms with E-state index in [0.717, 1.165) is 16.7 Å². The fraction of sp³-hybridized carbons (Fsp3) is 0.375. The molecule has 0 radical (unpaired) electrons. The van der Waals surface area contributed by atoms with Gasteiger partial charge in [0.1, 0.15) is 11.6 Å². The molecule has 2 aromatic carbocycles. The smallest absolute Gasteiger partial charge is 0.326 e. The number of halogens is 1. The summed E-state index contributed by atoms with van der Waals surface area (Å²) in [6.45, 7) is 1.26. The maximum Gasteiger partial charge on any atom is 0.326 e. The van der Waals surface area contributed by atoms with E-state index in [1.54, 1.807) is 11.0 Å². The number of hydrogen-bond donors (Lipinski definition) is 1. The van der Waals surface area contributed by atoms with E-state index in [9.17, 15) is 14.7 Å². The van der Waals surface area contributed by atoms with E-state index in [4.69, 9.17) is 16.0 Å². The second-order valence-electron chi connectivity index (χ2n) is 8.44. The van der Waals surface area contributed by atoms with Crippen LogP contribution in [-0.4, -0.2) is 46.0 Å². The zero-order valence-electron chi connectivity index (χ0n) is 17.5. The highest BCUT2D eigenvalue weighted by atomic mass is 35.5. The first-order valence-corrected chi connectivity index (χ1v) is 11.3. The summed E-state index contributed by atoms with van der Waals surface area (Å²) in [5.41, 5.74) is 2.37. The molecule has 166 valence electrons. The molecule has 1 amide bonds. The van der Waals surface area contributed by atoms with Crippen molar-refractivity contribution in [3.8, 4) is 0 Å². The number of carbonyl (C=O) groups excluding carboxylic acids is 1. The summed E-state index contributed by atoms with van der Waals surface area (Å²) in [6, 6.07) is 14.4. The van der Waals surface area contributed by atoms with Crippen LogP contribution in [0.5, 0.6) is 0 Å². The van der Waals surface area contributed by atoms with Crippen LogP contribution >= 0.6 is 11.6 Å². The number of oxazole rings is 1. The minimum Gasteiger partial charge on any atom is -0.480 e. The van der Waals surface area contributed by atoms with E-state index in [1.165, 1.54) is 0 Å². The zero-order valence-corrected chi connectivity index (χ0v) is 18.2. The van der Waals surface area contributed by atoms with Gasteiger partial charge in [-0.2, -0.15) is 4.98 Å². The number of aromatic nitrogens is 1. The highest BCUT2D eigenvalue weighted by Crippen LogP contribution is 2.41. The molecular formula is C24H24ClN3O4. The second-order valence-corrected chi connectivity index (χ2v) is 8.85. The molecule has 2 saturated heterocycles. The number of likely N-dealkylation sites (tertiary alicyclic amines) is 1. The van der Waals surface area contributed by atoms with E-state index in [-0.39, 0.29) is 17.9 Å². The number of hydrogen-bond acceptors (Lipinski definition) is 5. The Kier molecular flexibility index (Phi) is 5.51. The quantitative estimate of drug-likeness (QED) is 0.625. The molecule has 2 aliphatic rings. The first-order valence-electron chi connectivity index (χ1n) is 10.9. The summed E-state index contributed by atoms with van der Waals surface area (Å²) < 4.78 is 5.87. The monoisotopic (exact) mass is 453 g/mol. The fourth-order valence-corrected chi connectivity index (χ4v) is 5.20. The highest BCUT2D eigenvalue weighted by molar-refractivity contribution is 6.31. The Morgan fingerprint density at radius 2 is 1.72 bits per heavy atom. The van der Waals surface area contributed by atoms with Crippen LogP contribution in [0, 0.1) is 5.92 Å². The van der Waals surface area contributed by atoms with Crippen molar-refractivity contribution in [3.05, 3.63) is 59.1 Å². The number of benzene rings is 2. The maximum atomic E-state index is 13.6. The van der Waals surface area contributed by atoms with Crippen LogP contribution in [0.1, 0.15) is 37.3 Å². The van der Waals surface area contributed by atoms with Gasteiger partial charge in [-0.15, -0.1) is 0 Å². The standard InChI is InChI=1S/C24H24ClN3O4/c25-17-6-2-1-5-16(17)19-9-10-20(23(30)31)28(19)22(29)15-11-13-27(14-12-15)24-26-18-7-3-4-8-21(18)32-24/h1-8,15,19-20H,9-14H2,(H,30,31)/t19-,20+/m1/s1. The molecular weight excluding hydrogens is 430 g/mol. The van der Waals surface area contributed by atoms with Gasteiger partial charge in [-0.1, -0.05) is 41.9 Å². The van der Waals surface area contributed by atoms with Crippen LogP contribution in [0.25, 0.3) is 11.1 Å². The Balaban J connectivity index is 1.33. The van der Waals surface area contributed by atoms with Crippen molar-refractivity contribution < 1.29 is 19.1 Å². The van der Waals surface area contributed by atoms with Crippen molar-refractivity contribution in [1.29, 1.82) is 0 Å². The number of carboxylic acids is 1. The van der Waals surface area contributed by atoms with E-state index in [1.807, 2.05) is 47.4 Å². The molecule has 0 aliphatic carbocycles. The molecule has 5 rings (SSSR count). The van der Waals surface area contributed by atoms with Gasteiger partial charge in [-0.3, -0.25) is 4.79 Å². The molecule has 1 aromatic heterocycles. The van der Waals surface area contributed by atoms with Crippen molar-refractivity contribution in [3.63, 3.8) is 0 Å². The Bertz CT molecular complexity index is 1120. The number of anilines is 1. The molecule has 0 spiro atoms. The van der Waals surface area contributed by atoms with Gasteiger partial charge < -0.3 is 19.3 Å². The summed E-state index contributed by atoms with van der Waals surface area (Å²) in [6.07, 6.45) is 2.26. The molecule has 8 heteroatoms. The Morgan fingerprint density at radius 1 is 1.00 bits per heavy atom. The van der Waals surface area contributed by atoms with Gasteiger partial charge in [0.05, 0.1) is 6.04 Å². The van der Waals surface area contributed by atoms with Gasteiger partial charge in [-0.25, -0.2) is 4.79 Å². The molecule has 2 atom stereocenters. The molecule has 3 heterocycles. The molecule has 0 saturated carbocycles. The maximum absolute atomic E-state index is 13.6. The lowest BCUT2D eigenvalue weighted by atomic mass is 9.94. The average Bonchev–Trinajstić information content (AvgIpc) is 3.44. The molecule has 2 aliphatic heterocycles. The van der Waals surface area contributed by atoms with Crippen molar-refractivity contribution in [1.82, 2.24) is 9.88 Å². The largest absolute Gasteiger partial charge is 0.480 e. The topological polar surface area (TPSA) is 86.9 Å². The number of rotatable bonds is 4. The molecule has 0 unspecified atom stereocenters. The third-order valence-electron chi connectivity index (χ3n) is 6.59. The van der Waals surface area contributed by atoms with Crippen LogP contribution < -0.4 is 4.90 Å². The van der Waals surface area contributed by atoms with Crippen LogP contribution in [0.2, 0.25) is 5.02 Å². The van der Waals surface area contributed by atoms with Crippen LogP contribution in [0.3, 0.4) is 0 Å². The summed E-state index contributed by atoms with van der Waals surface area (Å²) in [5, 5.41) is 10.3. The minimum absolute atomic E-state index is 0.1000.